The monoisotopic (exact) mass is 294 g/mol. The van der Waals surface area contributed by atoms with Crippen molar-refractivity contribution in [2.75, 3.05) is 0 Å². The van der Waals surface area contributed by atoms with E-state index in [4.69, 9.17) is 24.8 Å². The molecule has 0 radical (unpaired) electrons. The van der Waals surface area contributed by atoms with Crippen molar-refractivity contribution in [2.24, 2.45) is 35.5 Å². The molecule has 0 aromatic heterocycles. The highest BCUT2D eigenvalue weighted by molar-refractivity contribution is 7.82. The van der Waals surface area contributed by atoms with Crippen LogP contribution in [0.5, 0.6) is 0 Å². The largest absolute Gasteiger partial charge is 0.175 e. The summed E-state index contributed by atoms with van der Waals surface area (Å²) >= 11 is 10.8. The minimum absolute atomic E-state index is 0.571. The van der Waals surface area contributed by atoms with Gasteiger partial charge in [-0.05, 0) is 85.3 Å². The Labute approximate surface area is 128 Å². The minimum atomic E-state index is 0.571. The van der Waals surface area contributed by atoms with Gasteiger partial charge in [0.05, 0.1) is 0 Å². The Morgan fingerprint density at radius 3 is 2.16 bits per heavy atom. The molecule has 4 bridgehead atoms. The van der Waals surface area contributed by atoms with Crippen molar-refractivity contribution in [3.05, 3.63) is 0 Å². The third-order valence-electron chi connectivity index (χ3n) is 6.85. The van der Waals surface area contributed by atoms with Crippen LogP contribution in [0.1, 0.15) is 57.8 Å². The summed E-state index contributed by atoms with van der Waals surface area (Å²) in [6.45, 7) is 0. The number of thiol groups is 1. The van der Waals surface area contributed by atoms with Crippen LogP contribution in [-0.4, -0.2) is 10.1 Å². The molecule has 4 rings (SSSR count). The molecule has 0 amide bonds. The topological polar surface area (TPSA) is 0 Å². The zero-order valence-corrected chi connectivity index (χ0v) is 13.5. The lowest BCUT2D eigenvalue weighted by Gasteiger charge is -2.30. The van der Waals surface area contributed by atoms with Crippen LogP contribution in [0, 0.1) is 35.5 Å². The molecule has 4 saturated carbocycles. The van der Waals surface area contributed by atoms with Gasteiger partial charge in [-0.3, -0.25) is 0 Å². The second-order valence-corrected chi connectivity index (χ2v) is 9.05. The van der Waals surface area contributed by atoms with Crippen LogP contribution in [-0.2, 0) is 0 Å². The second-order valence-electron chi connectivity index (χ2n) is 7.86. The molecule has 0 N–H and O–H groups in total. The maximum Gasteiger partial charge on any atom is 0.00932 e. The van der Waals surface area contributed by atoms with Crippen molar-refractivity contribution in [1.29, 1.82) is 0 Å². The summed E-state index contributed by atoms with van der Waals surface area (Å²) in [5.41, 5.74) is 0. The molecule has 4 fully saturated rings. The lowest BCUT2D eigenvalue weighted by Crippen LogP contribution is -2.27. The fraction of sp³-hybridized carbons (Fsp3) is 0.941. The number of fused-ring (bicyclic) bond motifs is 4. The molecular formula is C17H26S2. The van der Waals surface area contributed by atoms with Gasteiger partial charge in [-0.1, -0.05) is 25.1 Å². The van der Waals surface area contributed by atoms with Gasteiger partial charge in [0, 0.05) is 5.25 Å². The van der Waals surface area contributed by atoms with Crippen LogP contribution < -0.4 is 0 Å². The van der Waals surface area contributed by atoms with Crippen molar-refractivity contribution in [2.45, 2.75) is 63.0 Å². The maximum absolute atomic E-state index is 5.83. The highest BCUT2D eigenvalue weighted by atomic mass is 32.1. The summed E-state index contributed by atoms with van der Waals surface area (Å²) in [4.78, 5) is 1.40. The molecule has 106 valence electrons. The number of rotatable bonds is 4. The summed E-state index contributed by atoms with van der Waals surface area (Å²) < 4.78 is 0. The van der Waals surface area contributed by atoms with Gasteiger partial charge in [0.2, 0.25) is 0 Å². The summed E-state index contributed by atoms with van der Waals surface area (Å²) in [7, 11) is 0. The standard InChI is InChI=1S/C17H26S2/c18-16(14-7-10-1-3-12(14)5-10)9-17(19)15-8-11-2-4-13(15)6-11/h10-16,18H,1-9H2. The average molecular weight is 295 g/mol. The van der Waals surface area contributed by atoms with Crippen LogP contribution in [0.4, 0.5) is 0 Å². The SMILES string of the molecule is S=C(CC(S)C1CC2CCC1C2)C1CC2CCC1C2. The Balaban J connectivity index is 1.35. The van der Waals surface area contributed by atoms with E-state index < -0.39 is 0 Å². The quantitative estimate of drug-likeness (QED) is 0.567. The molecule has 4 aliphatic carbocycles. The Morgan fingerprint density at radius 1 is 0.947 bits per heavy atom. The minimum Gasteiger partial charge on any atom is -0.175 e. The first-order valence-electron chi connectivity index (χ1n) is 8.41. The van der Waals surface area contributed by atoms with Gasteiger partial charge in [-0.15, -0.1) is 0 Å². The smallest absolute Gasteiger partial charge is 0.00932 e. The highest BCUT2D eigenvalue weighted by Gasteiger charge is 2.44. The Bertz CT molecular complexity index is 377. The molecule has 0 nitrogen and oxygen atoms in total. The molecule has 0 heterocycles. The summed E-state index contributed by atoms with van der Waals surface area (Å²) in [6, 6.07) is 0. The van der Waals surface area contributed by atoms with Crippen LogP contribution in [0.15, 0.2) is 0 Å². The van der Waals surface area contributed by atoms with Gasteiger partial charge in [0.15, 0.2) is 0 Å². The molecule has 7 atom stereocenters. The molecule has 0 saturated heterocycles. The van der Waals surface area contributed by atoms with E-state index in [0.717, 1.165) is 41.9 Å². The fourth-order valence-electron chi connectivity index (χ4n) is 5.91. The van der Waals surface area contributed by atoms with Crippen molar-refractivity contribution in [3.63, 3.8) is 0 Å². The van der Waals surface area contributed by atoms with Crippen molar-refractivity contribution in [3.8, 4) is 0 Å². The summed E-state index contributed by atoms with van der Waals surface area (Å²) in [6.07, 6.45) is 12.9. The molecular weight excluding hydrogens is 268 g/mol. The molecule has 2 heteroatoms. The van der Waals surface area contributed by atoms with Crippen LogP contribution >= 0.6 is 24.8 Å². The predicted octanol–water partition coefficient (Wildman–Crippen LogP) is 4.92. The fourth-order valence-corrected chi connectivity index (χ4v) is 7.07. The molecule has 0 aromatic rings. The van der Waals surface area contributed by atoms with Crippen LogP contribution in [0.25, 0.3) is 0 Å². The van der Waals surface area contributed by atoms with E-state index in [-0.39, 0.29) is 0 Å². The molecule has 19 heavy (non-hydrogen) atoms. The highest BCUT2D eigenvalue weighted by Crippen LogP contribution is 2.52. The van der Waals surface area contributed by atoms with E-state index in [1.54, 1.807) is 0 Å². The van der Waals surface area contributed by atoms with E-state index >= 15 is 0 Å². The molecule has 0 aliphatic heterocycles. The predicted molar refractivity (Wildman–Crippen MR) is 87.9 cm³/mol. The van der Waals surface area contributed by atoms with Crippen LogP contribution in [0.3, 0.4) is 0 Å². The summed E-state index contributed by atoms with van der Waals surface area (Å²) in [5, 5.41) is 0.571. The van der Waals surface area contributed by atoms with E-state index in [9.17, 15) is 0 Å². The van der Waals surface area contributed by atoms with E-state index in [0.29, 0.717) is 5.25 Å². The van der Waals surface area contributed by atoms with E-state index in [2.05, 4.69) is 0 Å². The normalized spacial score (nSPS) is 48.9. The Hall–Kier alpha value is 0.440. The third-order valence-corrected chi connectivity index (χ3v) is 7.88. The zero-order chi connectivity index (χ0) is 13.0. The number of hydrogen-bond donors (Lipinski definition) is 1. The first-order chi connectivity index (χ1) is 9.20. The maximum atomic E-state index is 5.83. The first kappa shape index (κ1) is 13.1. The van der Waals surface area contributed by atoms with Crippen molar-refractivity contribution < 1.29 is 0 Å². The van der Waals surface area contributed by atoms with Gasteiger partial charge in [0.25, 0.3) is 0 Å². The molecule has 7 unspecified atom stereocenters. The lowest BCUT2D eigenvalue weighted by molar-refractivity contribution is 0.325. The van der Waals surface area contributed by atoms with Crippen molar-refractivity contribution in [1.82, 2.24) is 0 Å². The Kier molecular flexibility index (Phi) is 3.47. The van der Waals surface area contributed by atoms with Gasteiger partial charge < -0.3 is 0 Å². The van der Waals surface area contributed by atoms with E-state index in [1.807, 2.05) is 0 Å². The Morgan fingerprint density at radius 2 is 1.63 bits per heavy atom. The van der Waals surface area contributed by atoms with Gasteiger partial charge in [0.1, 0.15) is 0 Å². The summed E-state index contributed by atoms with van der Waals surface area (Å²) in [5.74, 6) is 5.70. The zero-order valence-electron chi connectivity index (χ0n) is 11.8. The van der Waals surface area contributed by atoms with Crippen LogP contribution in [0.2, 0.25) is 0 Å². The number of thiocarbonyl (C=S) groups is 1. The molecule has 0 aromatic carbocycles. The average Bonchev–Trinajstić information content (AvgIpc) is 3.17. The molecule has 4 aliphatic rings. The van der Waals surface area contributed by atoms with E-state index in [1.165, 1.54) is 56.2 Å². The van der Waals surface area contributed by atoms with Crippen molar-refractivity contribution >= 4 is 29.7 Å². The molecule has 0 spiro atoms. The van der Waals surface area contributed by atoms with Gasteiger partial charge >= 0.3 is 0 Å². The first-order valence-corrected chi connectivity index (χ1v) is 9.34. The lowest BCUT2D eigenvalue weighted by atomic mass is 9.81. The van der Waals surface area contributed by atoms with Gasteiger partial charge in [-0.25, -0.2) is 0 Å². The second kappa shape index (κ2) is 5.02. The third kappa shape index (κ3) is 2.31. The number of hydrogen-bond acceptors (Lipinski definition) is 2. The van der Waals surface area contributed by atoms with Gasteiger partial charge in [-0.2, -0.15) is 12.6 Å².